The molecule has 0 spiro atoms. The molecule has 1 fully saturated rings. The van der Waals surface area contributed by atoms with Crippen molar-refractivity contribution in [3.63, 3.8) is 0 Å². The van der Waals surface area contributed by atoms with E-state index in [4.69, 9.17) is 4.74 Å². The zero-order valence-corrected chi connectivity index (χ0v) is 11.1. The molecule has 1 saturated carbocycles. The van der Waals surface area contributed by atoms with E-state index in [0.717, 1.165) is 38.0 Å². The first kappa shape index (κ1) is 14.0. The second-order valence-corrected chi connectivity index (χ2v) is 5.06. The first-order valence-electron chi connectivity index (χ1n) is 7.15. The van der Waals surface area contributed by atoms with Crippen LogP contribution in [0.15, 0.2) is 0 Å². The normalized spacial score (nSPS) is 25.9. The molecule has 0 aromatic carbocycles. The van der Waals surface area contributed by atoms with Crippen molar-refractivity contribution in [2.45, 2.75) is 52.4 Å². The molecule has 0 saturated heterocycles. The molecule has 0 heterocycles. The maximum absolute atomic E-state index is 5.32. The fourth-order valence-corrected chi connectivity index (χ4v) is 2.71. The smallest absolute Gasteiger partial charge is 0.0477 e. The predicted octanol–water partition coefficient (Wildman–Crippen LogP) is 3.22. The summed E-state index contributed by atoms with van der Waals surface area (Å²) in [5, 5.41) is 3.58. The third-order valence-electron chi connectivity index (χ3n) is 3.75. The largest absolute Gasteiger partial charge is 0.382 e. The predicted molar refractivity (Wildman–Crippen MR) is 69.7 cm³/mol. The molecule has 0 aromatic heterocycles. The molecule has 0 radical (unpaired) electrons. The van der Waals surface area contributed by atoms with Crippen LogP contribution in [0, 0.1) is 11.8 Å². The minimum Gasteiger partial charge on any atom is -0.382 e. The molecule has 96 valence electrons. The molecule has 0 aliphatic heterocycles. The Labute approximate surface area is 101 Å². The maximum atomic E-state index is 5.32. The quantitative estimate of drug-likeness (QED) is 0.643. The van der Waals surface area contributed by atoms with E-state index in [0.29, 0.717) is 0 Å². The summed E-state index contributed by atoms with van der Waals surface area (Å²) < 4.78 is 5.32. The van der Waals surface area contributed by atoms with E-state index in [-0.39, 0.29) is 0 Å². The number of ether oxygens (including phenoxy) is 1. The average molecular weight is 227 g/mol. The van der Waals surface area contributed by atoms with Crippen LogP contribution in [0.4, 0.5) is 0 Å². The van der Waals surface area contributed by atoms with Crippen molar-refractivity contribution in [2.75, 3.05) is 26.3 Å². The molecule has 2 nitrogen and oxygen atoms in total. The SMILES string of the molecule is CCOCCCNCC1CCCC(CC)C1. The van der Waals surface area contributed by atoms with Gasteiger partial charge in [0.1, 0.15) is 0 Å². The first-order chi connectivity index (χ1) is 7.86. The number of hydrogen-bond donors (Lipinski definition) is 1. The van der Waals surface area contributed by atoms with Crippen LogP contribution in [0.5, 0.6) is 0 Å². The summed E-state index contributed by atoms with van der Waals surface area (Å²) in [5.41, 5.74) is 0. The highest BCUT2D eigenvalue weighted by Gasteiger charge is 2.19. The van der Waals surface area contributed by atoms with Gasteiger partial charge >= 0.3 is 0 Å². The fraction of sp³-hybridized carbons (Fsp3) is 1.00. The molecule has 2 heteroatoms. The van der Waals surface area contributed by atoms with Crippen molar-refractivity contribution in [3.8, 4) is 0 Å². The molecule has 0 amide bonds. The second-order valence-electron chi connectivity index (χ2n) is 5.06. The van der Waals surface area contributed by atoms with Crippen LogP contribution >= 0.6 is 0 Å². The number of rotatable bonds is 8. The average Bonchev–Trinajstić information content (AvgIpc) is 2.34. The molecule has 1 rings (SSSR count). The Bertz CT molecular complexity index is 161. The van der Waals surface area contributed by atoms with Crippen molar-refractivity contribution in [3.05, 3.63) is 0 Å². The molecule has 2 atom stereocenters. The number of hydrogen-bond acceptors (Lipinski definition) is 2. The number of nitrogens with one attached hydrogen (secondary N) is 1. The highest BCUT2D eigenvalue weighted by Crippen LogP contribution is 2.30. The van der Waals surface area contributed by atoms with Gasteiger partial charge in [0.2, 0.25) is 0 Å². The van der Waals surface area contributed by atoms with Crippen LogP contribution < -0.4 is 5.32 Å². The van der Waals surface area contributed by atoms with E-state index in [1.54, 1.807) is 0 Å². The Morgan fingerprint density at radius 3 is 2.75 bits per heavy atom. The van der Waals surface area contributed by atoms with Crippen LogP contribution in [0.2, 0.25) is 0 Å². The standard InChI is InChI=1S/C14H29NO/c1-3-13-7-5-8-14(11-13)12-15-9-6-10-16-4-2/h13-15H,3-12H2,1-2H3. The Morgan fingerprint density at radius 1 is 1.19 bits per heavy atom. The lowest BCUT2D eigenvalue weighted by Gasteiger charge is -2.28. The first-order valence-corrected chi connectivity index (χ1v) is 7.15. The molecule has 16 heavy (non-hydrogen) atoms. The van der Waals surface area contributed by atoms with Gasteiger partial charge in [-0.05, 0) is 51.1 Å². The molecule has 2 unspecified atom stereocenters. The third-order valence-corrected chi connectivity index (χ3v) is 3.75. The van der Waals surface area contributed by atoms with E-state index < -0.39 is 0 Å². The van der Waals surface area contributed by atoms with Crippen LogP contribution in [0.1, 0.15) is 52.4 Å². The lowest BCUT2D eigenvalue weighted by Crippen LogP contribution is -2.28. The van der Waals surface area contributed by atoms with Gasteiger partial charge in [-0.1, -0.05) is 26.2 Å². The van der Waals surface area contributed by atoms with Gasteiger partial charge < -0.3 is 10.1 Å². The van der Waals surface area contributed by atoms with Gasteiger partial charge in [-0.15, -0.1) is 0 Å². The van der Waals surface area contributed by atoms with Gasteiger partial charge in [-0.25, -0.2) is 0 Å². The van der Waals surface area contributed by atoms with E-state index in [1.165, 1.54) is 38.6 Å². The lowest BCUT2D eigenvalue weighted by molar-refractivity contribution is 0.144. The van der Waals surface area contributed by atoms with Crippen LogP contribution in [0.3, 0.4) is 0 Å². The minimum absolute atomic E-state index is 0.848. The van der Waals surface area contributed by atoms with Gasteiger partial charge in [0.05, 0.1) is 0 Å². The summed E-state index contributed by atoms with van der Waals surface area (Å²) >= 11 is 0. The lowest BCUT2D eigenvalue weighted by atomic mass is 9.80. The van der Waals surface area contributed by atoms with Crippen molar-refractivity contribution in [1.29, 1.82) is 0 Å². The third kappa shape index (κ3) is 5.86. The molecular weight excluding hydrogens is 198 g/mol. The molecule has 0 aromatic rings. The Kier molecular flexibility index (Phi) is 7.87. The molecule has 1 aliphatic rings. The van der Waals surface area contributed by atoms with Crippen molar-refractivity contribution < 1.29 is 4.74 Å². The Balaban J connectivity index is 1.95. The van der Waals surface area contributed by atoms with Crippen LogP contribution in [-0.4, -0.2) is 26.3 Å². The van der Waals surface area contributed by atoms with Crippen LogP contribution in [0.25, 0.3) is 0 Å². The van der Waals surface area contributed by atoms with Crippen LogP contribution in [-0.2, 0) is 4.74 Å². The van der Waals surface area contributed by atoms with Crippen molar-refractivity contribution in [2.24, 2.45) is 11.8 Å². The van der Waals surface area contributed by atoms with Crippen molar-refractivity contribution in [1.82, 2.24) is 5.32 Å². The van der Waals surface area contributed by atoms with Gasteiger partial charge in [0.25, 0.3) is 0 Å². The topological polar surface area (TPSA) is 21.3 Å². The van der Waals surface area contributed by atoms with Gasteiger partial charge in [0, 0.05) is 13.2 Å². The minimum atomic E-state index is 0.848. The Morgan fingerprint density at radius 2 is 2.00 bits per heavy atom. The summed E-state index contributed by atoms with van der Waals surface area (Å²) in [4.78, 5) is 0. The summed E-state index contributed by atoms with van der Waals surface area (Å²) in [7, 11) is 0. The molecule has 0 bridgehead atoms. The van der Waals surface area contributed by atoms with E-state index in [1.807, 2.05) is 0 Å². The summed E-state index contributed by atoms with van der Waals surface area (Å²) in [5.74, 6) is 1.94. The highest BCUT2D eigenvalue weighted by atomic mass is 16.5. The zero-order chi connectivity index (χ0) is 11.6. The van der Waals surface area contributed by atoms with Gasteiger partial charge in [0.15, 0.2) is 0 Å². The van der Waals surface area contributed by atoms with E-state index in [2.05, 4.69) is 19.2 Å². The summed E-state index contributed by atoms with van der Waals surface area (Å²) in [6.07, 6.45) is 8.34. The maximum Gasteiger partial charge on any atom is 0.0477 e. The van der Waals surface area contributed by atoms with Crippen molar-refractivity contribution >= 4 is 0 Å². The summed E-state index contributed by atoms with van der Waals surface area (Å²) in [6.45, 7) is 8.49. The zero-order valence-electron chi connectivity index (χ0n) is 11.1. The molecule has 1 aliphatic carbocycles. The summed E-state index contributed by atoms with van der Waals surface area (Å²) in [6, 6.07) is 0. The van der Waals surface area contributed by atoms with Gasteiger partial charge in [-0.2, -0.15) is 0 Å². The molecule has 1 N–H and O–H groups in total. The van der Waals surface area contributed by atoms with E-state index >= 15 is 0 Å². The fourth-order valence-electron chi connectivity index (χ4n) is 2.71. The monoisotopic (exact) mass is 227 g/mol. The Hall–Kier alpha value is -0.0800. The highest BCUT2D eigenvalue weighted by molar-refractivity contribution is 4.73. The second kappa shape index (κ2) is 9.00. The van der Waals surface area contributed by atoms with E-state index in [9.17, 15) is 0 Å². The van der Waals surface area contributed by atoms with Gasteiger partial charge in [-0.3, -0.25) is 0 Å². The molecular formula is C14H29NO.